The van der Waals surface area contributed by atoms with Gasteiger partial charge in [0.2, 0.25) is 0 Å². The van der Waals surface area contributed by atoms with Gasteiger partial charge < -0.3 is 20.4 Å². The molecule has 82 valence electrons. The number of likely N-dealkylation sites (N-methyl/N-ethyl adjacent to an activating group) is 1. The molecule has 1 unspecified atom stereocenters. The van der Waals surface area contributed by atoms with Crippen molar-refractivity contribution in [1.29, 1.82) is 0 Å². The molecule has 2 amide bonds. The van der Waals surface area contributed by atoms with E-state index in [1.54, 1.807) is 6.92 Å². The van der Waals surface area contributed by atoms with Gasteiger partial charge in [0.15, 0.2) is 0 Å². The molecular formula is C8H16N2O4. The quantitative estimate of drug-likeness (QED) is 0.575. The summed E-state index contributed by atoms with van der Waals surface area (Å²) in [7, 11) is 1.49. The van der Waals surface area contributed by atoms with E-state index in [2.05, 4.69) is 5.32 Å². The van der Waals surface area contributed by atoms with E-state index < -0.39 is 18.0 Å². The third-order valence-corrected chi connectivity index (χ3v) is 1.96. The molecule has 14 heavy (non-hydrogen) atoms. The van der Waals surface area contributed by atoms with Crippen LogP contribution in [0.25, 0.3) is 0 Å². The van der Waals surface area contributed by atoms with Crippen LogP contribution in [0, 0.1) is 0 Å². The fourth-order valence-corrected chi connectivity index (χ4v) is 0.671. The Bertz CT molecular complexity index is 219. The Hall–Kier alpha value is -1.30. The third kappa shape index (κ3) is 3.61. The minimum absolute atomic E-state index is 0.161. The van der Waals surface area contributed by atoms with Crippen LogP contribution in [0.5, 0.6) is 0 Å². The number of nitrogens with one attached hydrogen (secondary N) is 1. The highest BCUT2D eigenvalue weighted by Crippen LogP contribution is 1.95. The van der Waals surface area contributed by atoms with E-state index in [1.165, 1.54) is 18.9 Å². The third-order valence-electron chi connectivity index (χ3n) is 1.96. The van der Waals surface area contributed by atoms with Gasteiger partial charge in [-0.05, 0) is 13.8 Å². The van der Waals surface area contributed by atoms with Gasteiger partial charge in [0.1, 0.15) is 6.04 Å². The molecule has 0 spiro atoms. The lowest BCUT2D eigenvalue weighted by molar-refractivity contribution is -0.138. The number of carbonyl (C=O) groups excluding carboxylic acids is 1. The number of nitrogens with zero attached hydrogens (tertiary/aromatic N) is 1. The van der Waals surface area contributed by atoms with Crippen LogP contribution in [0.4, 0.5) is 4.79 Å². The number of hydrogen-bond donors (Lipinski definition) is 3. The van der Waals surface area contributed by atoms with Crippen molar-refractivity contribution in [2.24, 2.45) is 0 Å². The molecule has 0 aromatic carbocycles. The highest BCUT2D eigenvalue weighted by atomic mass is 16.4. The lowest BCUT2D eigenvalue weighted by Gasteiger charge is -2.24. The molecule has 0 aromatic heterocycles. The van der Waals surface area contributed by atoms with Crippen molar-refractivity contribution >= 4 is 12.0 Å². The van der Waals surface area contributed by atoms with Crippen LogP contribution in [0.2, 0.25) is 0 Å². The molecule has 0 saturated heterocycles. The van der Waals surface area contributed by atoms with E-state index in [0.29, 0.717) is 0 Å². The minimum atomic E-state index is -1.09. The summed E-state index contributed by atoms with van der Waals surface area (Å²) in [5.41, 5.74) is 0. The largest absolute Gasteiger partial charge is 0.480 e. The Kier molecular flexibility index (Phi) is 4.93. The van der Waals surface area contributed by atoms with Gasteiger partial charge in [0.05, 0.1) is 12.6 Å². The zero-order valence-corrected chi connectivity index (χ0v) is 8.52. The van der Waals surface area contributed by atoms with Crippen LogP contribution in [0.1, 0.15) is 13.8 Å². The second-order valence-electron chi connectivity index (χ2n) is 3.15. The topological polar surface area (TPSA) is 89.9 Å². The summed E-state index contributed by atoms with van der Waals surface area (Å²) >= 11 is 0. The minimum Gasteiger partial charge on any atom is -0.480 e. The summed E-state index contributed by atoms with van der Waals surface area (Å²) in [6.45, 7) is 2.87. The molecule has 2 atom stereocenters. The van der Waals surface area contributed by atoms with Gasteiger partial charge >= 0.3 is 12.0 Å². The summed E-state index contributed by atoms with van der Waals surface area (Å²) < 4.78 is 0. The van der Waals surface area contributed by atoms with Crippen molar-refractivity contribution in [3.05, 3.63) is 0 Å². The molecule has 3 N–H and O–H groups in total. The van der Waals surface area contributed by atoms with Crippen molar-refractivity contribution < 1.29 is 19.8 Å². The van der Waals surface area contributed by atoms with Crippen LogP contribution in [0.15, 0.2) is 0 Å². The predicted molar refractivity (Wildman–Crippen MR) is 49.9 cm³/mol. The Balaban J connectivity index is 4.14. The second-order valence-corrected chi connectivity index (χ2v) is 3.15. The average Bonchev–Trinajstić information content (AvgIpc) is 2.14. The first kappa shape index (κ1) is 12.7. The number of carboxylic acid groups (broad SMARTS) is 1. The highest BCUT2D eigenvalue weighted by Gasteiger charge is 2.19. The van der Waals surface area contributed by atoms with E-state index in [-0.39, 0.29) is 12.6 Å². The Morgan fingerprint density at radius 1 is 1.43 bits per heavy atom. The fourth-order valence-electron chi connectivity index (χ4n) is 0.671. The molecule has 0 fully saturated rings. The molecule has 0 bridgehead atoms. The predicted octanol–water partition coefficient (Wildman–Crippen LogP) is -0.518. The van der Waals surface area contributed by atoms with Gasteiger partial charge in [-0.1, -0.05) is 0 Å². The monoisotopic (exact) mass is 204 g/mol. The number of urea groups is 1. The lowest BCUT2D eigenvalue weighted by Crippen LogP contribution is -2.48. The van der Waals surface area contributed by atoms with Crippen molar-refractivity contribution in [2.75, 3.05) is 13.7 Å². The van der Waals surface area contributed by atoms with E-state index in [1.807, 2.05) is 0 Å². The number of amides is 2. The van der Waals surface area contributed by atoms with Crippen molar-refractivity contribution in [1.82, 2.24) is 10.2 Å². The zero-order chi connectivity index (χ0) is 11.3. The van der Waals surface area contributed by atoms with E-state index >= 15 is 0 Å². The molecule has 6 heteroatoms. The van der Waals surface area contributed by atoms with Gasteiger partial charge in [-0.15, -0.1) is 0 Å². The number of hydrogen-bond acceptors (Lipinski definition) is 3. The summed E-state index contributed by atoms with van der Waals surface area (Å²) in [4.78, 5) is 23.0. The Morgan fingerprint density at radius 3 is 2.29 bits per heavy atom. The number of carboxylic acids is 1. The Labute approximate surface area is 82.5 Å². The van der Waals surface area contributed by atoms with Crippen LogP contribution in [-0.4, -0.2) is 52.9 Å². The summed E-state index contributed by atoms with van der Waals surface area (Å²) in [6, 6.07) is -1.78. The van der Waals surface area contributed by atoms with E-state index in [9.17, 15) is 9.59 Å². The number of carbonyl (C=O) groups is 2. The van der Waals surface area contributed by atoms with Crippen LogP contribution < -0.4 is 5.32 Å². The second kappa shape index (κ2) is 5.43. The number of aliphatic hydroxyl groups is 1. The molecule has 0 aliphatic carbocycles. The molecular weight excluding hydrogens is 188 g/mol. The maximum Gasteiger partial charge on any atom is 0.325 e. The van der Waals surface area contributed by atoms with Crippen LogP contribution >= 0.6 is 0 Å². The first-order valence-corrected chi connectivity index (χ1v) is 4.27. The normalized spacial score (nSPS) is 14.3. The molecule has 0 aliphatic rings. The molecule has 0 radical (unpaired) electrons. The molecule has 0 aromatic rings. The van der Waals surface area contributed by atoms with Gasteiger partial charge in [0.25, 0.3) is 0 Å². The molecule has 0 saturated carbocycles. The maximum atomic E-state index is 11.3. The van der Waals surface area contributed by atoms with Crippen LogP contribution in [0.3, 0.4) is 0 Å². The SMILES string of the molecule is CC(CO)N(C)C(=O)N[C@@H](C)C(=O)O. The smallest absolute Gasteiger partial charge is 0.325 e. The number of aliphatic carboxylic acids is 1. The van der Waals surface area contributed by atoms with Crippen LogP contribution in [-0.2, 0) is 4.79 Å². The molecule has 0 heterocycles. The summed E-state index contributed by atoms with van der Waals surface area (Å²) in [6.07, 6.45) is 0. The summed E-state index contributed by atoms with van der Waals surface area (Å²) in [5, 5.41) is 19.6. The molecule has 0 aliphatic heterocycles. The average molecular weight is 204 g/mol. The lowest BCUT2D eigenvalue weighted by atomic mass is 10.3. The zero-order valence-electron chi connectivity index (χ0n) is 8.52. The van der Waals surface area contributed by atoms with Gasteiger partial charge in [-0.3, -0.25) is 4.79 Å². The Morgan fingerprint density at radius 2 is 1.93 bits per heavy atom. The van der Waals surface area contributed by atoms with Gasteiger partial charge in [-0.2, -0.15) is 0 Å². The molecule has 0 rings (SSSR count). The highest BCUT2D eigenvalue weighted by molar-refractivity contribution is 5.82. The van der Waals surface area contributed by atoms with Gasteiger partial charge in [0, 0.05) is 7.05 Å². The first-order chi connectivity index (χ1) is 6.40. The number of aliphatic hydroxyl groups excluding tert-OH is 1. The summed E-state index contributed by atoms with van der Waals surface area (Å²) in [5.74, 6) is -1.09. The fraction of sp³-hybridized carbons (Fsp3) is 0.750. The standard InChI is InChI=1S/C8H16N2O4/c1-5(4-11)10(3)8(14)9-6(2)7(12)13/h5-6,11H,4H2,1-3H3,(H,9,14)(H,12,13)/t5?,6-/m0/s1. The molecule has 6 nitrogen and oxygen atoms in total. The van der Waals surface area contributed by atoms with Crippen molar-refractivity contribution in [3.8, 4) is 0 Å². The van der Waals surface area contributed by atoms with Gasteiger partial charge in [-0.25, -0.2) is 4.79 Å². The van der Waals surface area contributed by atoms with Crippen molar-refractivity contribution in [2.45, 2.75) is 25.9 Å². The van der Waals surface area contributed by atoms with E-state index in [4.69, 9.17) is 10.2 Å². The van der Waals surface area contributed by atoms with Crippen molar-refractivity contribution in [3.63, 3.8) is 0 Å². The van der Waals surface area contributed by atoms with E-state index in [0.717, 1.165) is 0 Å². The first-order valence-electron chi connectivity index (χ1n) is 4.27. The number of rotatable bonds is 4. The maximum absolute atomic E-state index is 11.3.